The lowest BCUT2D eigenvalue weighted by Gasteiger charge is -2.14. The molecule has 0 bridgehead atoms. The highest BCUT2D eigenvalue weighted by molar-refractivity contribution is 5.80. The summed E-state index contributed by atoms with van der Waals surface area (Å²) in [4.78, 5) is 22.5. The summed E-state index contributed by atoms with van der Waals surface area (Å²) in [5.41, 5.74) is 0. The van der Waals surface area contributed by atoms with Gasteiger partial charge >= 0.3 is 11.9 Å². The minimum Gasteiger partial charge on any atom is -0.481 e. The molecule has 0 aliphatic heterocycles. The summed E-state index contributed by atoms with van der Waals surface area (Å²) in [7, 11) is 0. The highest BCUT2D eigenvalue weighted by atomic mass is 16.6. The van der Waals surface area contributed by atoms with E-state index in [0.29, 0.717) is 0 Å². The molecular weight excluding hydrogens is 260 g/mol. The van der Waals surface area contributed by atoms with Gasteiger partial charge in [-0.05, 0) is 19.8 Å². The summed E-state index contributed by atoms with van der Waals surface area (Å²) in [6, 6.07) is 0. The maximum absolute atomic E-state index is 11.8. The van der Waals surface area contributed by atoms with Crippen LogP contribution in [0.4, 0.5) is 0 Å². The van der Waals surface area contributed by atoms with Gasteiger partial charge in [-0.25, -0.2) is 0 Å². The smallest absolute Gasteiger partial charge is 0.313 e. The highest BCUT2D eigenvalue weighted by Crippen LogP contribution is 2.12. The van der Waals surface area contributed by atoms with E-state index in [9.17, 15) is 9.59 Å². The molecule has 0 saturated heterocycles. The summed E-state index contributed by atoms with van der Waals surface area (Å²) in [6.45, 7) is 3.42. The molecule has 0 aromatic rings. The summed E-state index contributed by atoms with van der Waals surface area (Å²) in [6.07, 6.45) is 7.89. The Kier molecular flexibility index (Phi) is 10.7. The van der Waals surface area contributed by atoms with E-state index in [1.807, 2.05) is 6.08 Å². The molecule has 0 saturated carbocycles. The van der Waals surface area contributed by atoms with Crippen molar-refractivity contribution in [3.63, 3.8) is 0 Å². The van der Waals surface area contributed by atoms with Crippen molar-refractivity contribution in [3.8, 4) is 0 Å². The van der Waals surface area contributed by atoms with Crippen LogP contribution in [0.3, 0.4) is 0 Å². The van der Waals surface area contributed by atoms with Gasteiger partial charge in [-0.1, -0.05) is 38.3 Å². The first kappa shape index (κ1) is 18.6. The molecule has 2 atom stereocenters. The second kappa shape index (κ2) is 11.5. The average molecular weight is 286 g/mol. The minimum absolute atomic E-state index is 0.272. The van der Waals surface area contributed by atoms with Crippen LogP contribution in [-0.2, 0) is 14.3 Å². The van der Waals surface area contributed by atoms with Gasteiger partial charge in [0.1, 0.15) is 6.10 Å². The van der Waals surface area contributed by atoms with E-state index in [4.69, 9.17) is 14.9 Å². The Morgan fingerprint density at radius 2 is 1.95 bits per heavy atom. The van der Waals surface area contributed by atoms with Gasteiger partial charge in [0.15, 0.2) is 0 Å². The maximum atomic E-state index is 11.8. The minimum atomic E-state index is -1.04. The molecule has 116 valence electrons. The number of carbonyl (C=O) groups is 2. The number of rotatable bonds is 11. The van der Waals surface area contributed by atoms with Crippen LogP contribution in [0.15, 0.2) is 12.2 Å². The molecule has 0 fully saturated rings. The van der Waals surface area contributed by atoms with Gasteiger partial charge in [-0.15, -0.1) is 0 Å². The Balaban J connectivity index is 4.29. The topological polar surface area (TPSA) is 83.8 Å². The van der Waals surface area contributed by atoms with Crippen LogP contribution in [0.1, 0.15) is 52.4 Å². The van der Waals surface area contributed by atoms with Crippen LogP contribution in [0.25, 0.3) is 0 Å². The third-order valence-corrected chi connectivity index (χ3v) is 2.86. The van der Waals surface area contributed by atoms with Crippen molar-refractivity contribution in [2.45, 2.75) is 58.5 Å². The van der Waals surface area contributed by atoms with Crippen LogP contribution in [0.5, 0.6) is 0 Å². The van der Waals surface area contributed by atoms with E-state index in [1.165, 1.54) is 6.42 Å². The number of aliphatic hydroxyl groups is 1. The Morgan fingerprint density at radius 3 is 2.50 bits per heavy atom. The van der Waals surface area contributed by atoms with Gasteiger partial charge in [0, 0.05) is 0 Å². The number of hydrogen-bond donors (Lipinski definition) is 2. The predicted octanol–water partition coefficient (Wildman–Crippen LogP) is 2.53. The molecule has 0 aliphatic rings. The molecule has 0 amide bonds. The molecular formula is C15H26O5. The van der Waals surface area contributed by atoms with Gasteiger partial charge in [0.05, 0.1) is 18.9 Å². The summed E-state index contributed by atoms with van der Waals surface area (Å²) >= 11 is 0. The van der Waals surface area contributed by atoms with Crippen molar-refractivity contribution in [1.82, 2.24) is 0 Å². The van der Waals surface area contributed by atoms with Gasteiger partial charge < -0.3 is 14.9 Å². The number of unbranched alkanes of at least 4 members (excludes halogenated alkanes) is 4. The fourth-order valence-corrected chi connectivity index (χ4v) is 1.69. The molecule has 2 N–H and O–H groups in total. The van der Waals surface area contributed by atoms with Crippen LogP contribution in [-0.4, -0.2) is 34.9 Å². The van der Waals surface area contributed by atoms with Crippen molar-refractivity contribution < 1.29 is 24.5 Å². The first-order chi connectivity index (χ1) is 9.51. The molecule has 2 unspecified atom stereocenters. The molecule has 0 aromatic heterocycles. The average Bonchev–Trinajstić information content (AvgIpc) is 2.40. The van der Waals surface area contributed by atoms with Crippen LogP contribution in [0, 0.1) is 5.92 Å². The summed E-state index contributed by atoms with van der Waals surface area (Å²) in [5, 5.41) is 17.6. The SMILES string of the molecule is CCCCCC/C=C/C(CC(=O)O)C(=O)OC(C)CO. The standard InChI is InChI=1S/C15H26O5/c1-3-4-5-6-7-8-9-13(10-14(17)18)15(19)20-12(2)11-16/h8-9,12-13,16H,3-7,10-11H2,1-2H3,(H,17,18)/b9-8+. The largest absolute Gasteiger partial charge is 0.481 e. The molecule has 5 heteroatoms. The molecule has 0 spiro atoms. The number of hydrogen-bond acceptors (Lipinski definition) is 4. The zero-order valence-corrected chi connectivity index (χ0v) is 12.4. The van der Waals surface area contributed by atoms with Crippen molar-refractivity contribution in [2.24, 2.45) is 5.92 Å². The normalized spacial score (nSPS) is 14.2. The van der Waals surface area contributed by atoms with E-state index in [2.05, 4.69) is 6.92 Å². The Morgan fingerprint density at radius 1 is 1.25 bits per heavy atom. The van der Waals surface area contributed by atoms with Crippen molar-refractivity contribution in [3.05, 3.63) is 12.2 Å². The Hall–Kier alpha value is -1.36. The second-order valence-electron chi connectivity index (χ2n) is 4.91. The van der Waals surface area contributed by atoms with Crippen LogP contribution >= 0.6 is 0 Å². The number of ether oxygens (including phenoxy) is 1. The molecule has 0 heterocycles. The van der Waals surface area contributed by atoms with E-state index >= 15 is 0 Å². The lowest BCUT2D eigenvalue weighted by atomic mass is 10.0. The molecule has 0 aliphatic carbocycles. The number of allylic oxidation sites excluding steroid dienone is 1. The Labute approximate surface area is 120 Å². The molecule has 0 radical (unpaired) electrons. The monoisotopic (exact) mass is 286 g/mol. The number of aliphatic carboxylic acids is 1. The van der Waals surface area contributed by atoms with Gasteiger partial charge in [-0.3, -0.25) is 9.59 Å². The first-order valence-corrected chi connectivity index (χ1v) is 7.21. The van der Waals surface area contributed by atoms with Crippen molar-refractivity contribution in [2.75, 3.05) is 6.61 Å². The van der Waals surface area contributed by atoms with E-state index in [1.54, 1.807) is 13.0 Å². The zero-order valence-electron chi connectivity index (χ0n) is 12.4. The quantitative estimate of drug-likeness (QED) is 0.346. The number of esters is 1. The fourth-order valence-electron chi connectivity index (χ4n) is 1.69. The fraction of sp³-hybridized carbons (Fsp3) is 0.733. The highest BCUT2D eigenvalue weighted by Gasteiger charge is 2.22. The molecule has 5 nitrogen and oxygen atoms in total. The lowest BCUT2D eigenvalue weighted by molar-refractivity contribution is -0.156. The van der Waals surface area contributed by atoms with Crippen molar-refractivity contribution in [1.29, 1.82) is 0 Å². The summed E-state index contributed by atoms with van der Waals surface area (Å²) in [5.74, 6) is -2.43. The van der Waals surface area contributed by atoms with E-state index in [0.717, 1.165) is 25.7 Å². The first-order valence-electron chi connectivity index (χ1n) is 7.21. The van der Waals surface area contributed by atoms with Gasteiger partial charge in [-0.2, -0.15) is 0 Å². The number of aliphatic hydroxyl groups excluding tert-OH is 1. The number of carboxylic acid groups (broad SMARTS) is 1. The lowest BCUT2D eigenvalue weighted by Crippen LogP contribution is -2.25. The molecule has 0 rings (SSSR count). The van der Waals surface area contributed by atoms with E-state index in [-0.39, 0.29) is 13.0 Å². The third-order valence-electron chi connectivity index (χ3n) is 2.86. The predicted molar refractivity (Wildman–Crippen MR) is 76.3 cm³/mol. The third kappa shape index (κ3) is 9.55. The number of carboxylic acids is 1. The van der Waals surface area contributed by atoms with Crippen LogP contribution < -0.4 is 0 Å². The van der Waals surface area contributed by atoms with E-state index < -0.39 is 24.0 Å². The molecule has 20 heavy (non-hydrogen) atoms. The summed E-state index contributed by atoms with van der Waals surface area (Å²) < 4.78 is 4.95. The van der Waals surface area contributed by atoms with Gasteiger partial charge in [0.25, 0.3) is 0 Å². The van der Waals surface area contributed by atoms with Crippen LogP contribution in [0.2, 0.25) is 0 Å². The zero-order chi connectivity index (χ0) is 15.4. The Bertz CT molecular complexity index is 311. The number of carbonyl (C=O) groups excluding carboxylic acids is 1. The molecule has 0 aromatic carbocycles. The maximum Gasteiger partial charge on any atom is 0.313 e. The van der Waals surface area contributed by atoms with Crippen molar-refractivity contribution >= 4 is 11.9 Å². The second-order valence-corrected chi connectivity index (χ2v) is 4.91. The van der Waals surface area contributed by atoms with Gasteiger partial charge in [0.2, 0.25) is 0 Å².